The van der Waals surface area contributed by atoms with Crippen molar-refractivity contribution in [2.24, 2.45) is 4.99 Å². The normalized spacial score (nSPS) is 12.6. The molecule has 1 aliphatic heterocycles. The molecule has 2 heterocycles. The zero-order valence-corrected chi connectivity index (χ0v) is 11.8. The molecule has 4 rings (SSSR count). The molecule has 1 aliphatic rings. The van der Waals surface area contributed by atoms with Crippen LogP contribution in [0.4, 0.5) is 0 Å². The van der Waals surface area contributed by atoms with Crippen molar-refractivity contribution in [2.75, 3.05) is 0 Å². The molecule has 0 unspecified atom stereocenters. The highest BCUT2D eigenvalue weighted by Gasteiger charge is 2.19. The third-order valence-electron chi connectivity index (χ3n) is 3.78. The molecule has 0 aliphatic carbocycles. The van der Waals surface area contributed by atoms with E-state index in [4.69, 9.17) is 4.99 Å². The lowest BCUT2D eigenvalue weighted by atomic mass is 9.98. The first kappa shape index (κ1) is 12.5. The second-order valence-electron chi connectivity index (χ2n) is 5.09. The van der Waals surface area contributed by atoms with Crippen LogP contribution in [0.5, 0.6) is 0 Å². The summed E-state index contributed by atoms with van der Waals surface area (Å²) in [5, 5.41) is 9.21. The first-order valence-corrected chi connectivity index (χ1v) is 7.04. The molecule has 0 spiro atoms. The number of imidazole rings is 1. The van der Waals surface area contributed by atoms with E-state index in [0.29, 0.717) is 12.1 Å². The van der Waals surface area contributed by atoms with Gasteiger partial charge in [0.05, 0.1) is 29.6 Å². The number of fused-ring (bicyclic) bond motifs is 3. The van der Waals surface area contributed by atoms with Crippen LogP contribution < -0.4 is 0 Å². The van der Waals surface area contributed by atoms with Gasteiger partial charge < -0.3 is 4.57 Å². The fourth-order valence-corrected chi connectivity index (χ4v) is 2.75. The van der Waals surface area contributed by atoms with Gasteiger partial charge in [0.25, 0.3) is 0 Å². The quantitative estimate of drug-likeness (QED) is 0.689. The van der Waals surface area contributed by atoms with Crippen LogP contribution in [0.3, 0.4) is 0 Å². The third-order valence-corrected chi connectivity index (χ3v) is 3.78. The Kier molecular flexibility index (Phi) is 2.84. The van der Waals surface area contributed by atoms with Crippen LogP contribution >= 0.6 is 0 Å². The SMILES string of the molecule is N#Cc1ccc2c(c1)C(c1ccccc1)=NCc1nccn1-2. The Labute approximate surface area is 128 Å². The number of benzene rings is 2. The van der Waals surface area contributed by atoms with E-state index >= 15 is 0 Å². The summed E-state index contributed by atoms with van der Waals surface area (Å²) in [6.45, 7) is 0.522. The molecule has 104 valence electrons. The summed E-state index contributed by atoms with van der Waals surface area (Å²) in [4.78, 5) is 9.12. The van der Waals surface area contributed by atoms with Crippen molar-refractivity contribution in [3.8, 4) is 11.8 Å². The van der Waals surface area contributed by atoms with E-state index in [-0.39, 0.29) is 0 Å². The molecule has 3 aromatic rings. The minimum Gasteiger partial charge on any atom is -0.302 e. The van der Waals surface area contributed by atoms with Crippen molar-refractivity contribution >= 4 is 5.71 Å². The molecule has 0 N–H and O–H groups in total. The fourth-order valence-electron chi connectivity index (χ4n) is 2.75. The van der Waals surface area contributed by atoms with E-state index in [1.54, 1.807) is 6.20 Å². The van der Waals surface area contributed by atoms with Crippen LogP contribution in [-0.2, 0) is 6.54 Å². The molecule has 4 heteroatoms. The van der Waals surface area contributed by atoms with Crippen molar-refractivity contribution in [3.05, 3.63) is 83.4 Å². The minimum atomic E-state index is 0.522. The van der Waals surface area contributed by atoms with Gasteiger partial charge in [0, 0.05) is 23.5 Å². The van der Waals surface area contributed by atoms with Crippen molar-refractivity contribution in [3.63, 3.8) is 0 Å². The lowest BCUT2D eigenvalue weighted by Gasteiger charge is -2.12. The van der Waals surface area contributed by atoms with Crippen LogP contribution in [0, 0.1) is 11.3 Å². The standard InChI is InChI=1S/C18H12N4/c19-11-13-6-7-16-15(10-13)18(14-4-2-1-3-5-14)21-12-17-20-8-9-22(16)17/h1-10H,12H2. The van der Waals surface area contributed by atoms with E-state index in [2.05, 4.69) is 11.1 Å². The summed E-state index contributed by atoms with van der Waals surface area (Å²) in [7, 11) is 0. The van der Waals surface area contributed by atoms with Crippen molar-refractivity contribution in [1.82, 2.24) is 9.55 Å². The first-order chi connectivity index (χ1) is 10.9. The molecule has 0 saturated carbocycles. The highest BCUT2D eigenvalue weighted by molar-refractivity contribution is 6.15. The summed E-state index contributed by atoms with van der Waals surface area (Å²) in [5.74, 6) is 0.900. The zero-order chi connectivity index (χ0) is 14.9. The number of nitrogens with zero attached hydrogens (tertiary/aromatic N) is 4. The predicted molar refractivity (Wildman–Crippen MR) is 84.1 cm³/mol. The van der Waals surface area contributed by atoms with Gasteiger partial charge in [0.2, 0.25) is 0 Å². The highest BCUT2D eigenvalue weighted by atomic mass is 15.1. The smallest absolute Gasteiger partial charge is 0.134 e. The van der Waals surface area contributed by atoms with Gasteiger partial charge in [0.15, 0.2) is 0 Å². The zero-order valence-electron chi connectivity index (χ0n) is 11.8. The maximum atomic E-state index is 9.21. The molecule has 1 aromatic heterocycles. The van der Waals surface area contributed by atoms with Gasteiger partial charge in [-0.2, -0.15) is 5.26 Å². The molecule has 4 nitrogen and oxygen atoms in total. The van der Waals surface area contributed by atoms with Crippen molar-refractivity contribution < 1.29 is 0 Å². The first-order valence-electron chi connectivity index (χ1n) is 7.04. The Morgan fingerprint density at radius 3 is 2.77 bits per heavy atom. The third kappa shape index (κ3) is 1.92. The second-order valence-corrected chi connectivity index (χ2v) is 5.09. The van der Waals surface area contributed by atoms with E-state index in [9.17, 15) is 5.26 Å². The lowest BCUT2D eigenvalue weighted by Crippen LogP contribution is -2.07. The van der Waals surface area contributed by atoms with E-state index in [0.717, 1.165) is 28.4 Å². The summed E-state index contributed by atoms with van der Waals surface area (Å²) < 4.78 is 2.04. The van der Waals surface area contributed by atoms with Gasteiger partial charge in [-0.15, -0.1) is 0 Å². The Bertz CT molecular complexity index is 914. The van der Waals surface area contributed by atoms with Crippen LogP contribution in [0.2, 0.25) is 0 Å². The van der Waals surface area contributed by atoms with Crippen molar-refractivity contribution in [2.45, 2.75) is 6.54 Å². The Morgan fingerprint density at radius 1 is 1.09 bits per heavy atom. The maximum absolute atomic E-state index is 9.21. The van der Waals surface area contributed by atoms with E-state index in [1.807, 2.05) is 59.3 Å². The lowest BCUT2D eigenvalue weighted by molar-refractivity contribution is 0.879. The average Bonchev–Trinajstić information content (AvgIpc) is 2.98. The van der Waals surface area contributed by atoms with E-state index in [1.165, 1.54) is 0 Å². The molecule has 0 saturated heterocycles. The monoisotopic (exact) mass is 284 g/mol. The van der Waals surface area contributed by atoms with Gasteiger partial charge in [-0.1, -0.05) is 30.3 Å². The molecular weight excluding hydrogens is 272 g/mol. The average molecular weight is 284 g/mol. The fraction of sp³-hybridized carbons (Fsp3) is 0.0556. The number of aromatic nitrogens is 2. The highest BCUT2D eigenvalue weighted by Crippen LogP contribution is 2.25. The number of hydrogen-bond acceptors (Lipinski definition) is 3. The van der Waals surface area contributed by atoms with Gasteiger partial charge in [-0.3, -0.25) is 4.99 Å². The molecule has 0 bridgehead atoms. The van der Waals surface area contributed by atoms with Crippen LogP contribution in [0.25, 0.3) is 5.69 Å². The summed E-state index contributed by atoms with van der Waals surface area (Å²) >= 11 is 0. The summed E-state index contributed by atoms with van der Waals surface area (Å²) in [5.41, 5.74) is 4.54. The molecule has 2 aromatic carbocycles. The topological polar surface area (TPSA) is 54.0 Å². The van der Waals surface area contributed by atoms with Gasteiger partial charge in [0.1, 0.15) is 5.82 Å². The molecule has 0 fully saturated rings. The molecular formula is C18H12N4. The Morgan fingerprint density at radius 2 is 1.95 bits per heavy atom. The molecule has 0 radical (unpaired) electrons. The van der Waals surface area contributed by atoms with E-state index < -0.39 is 0 Å². The van der Waals surface area contributed by atoms with Crippen LogP contribution in [0.15, 0.2) is 65.9 Å². The minimum absolute atomic E-state index is 0.522. The Balaban J connectivity index is 2.00. The predicted octanol–water partition coefficient (Wildman–Crippen LogP) is 3.09. The summed E-state index contributed by atoms with van der Waals surface area (Å²) in [6, 6.07) is 17.9. The second kappa shape index (κ2) is 4.97. The van der Waals surface area contributed by atoms with Gasteiger partial charge in [-0.05, 0) is 18.2 Å². The van der Waals surface area contributed by atoms with Gasteiger partial charge in [-0.25, -0.2) is 4.98 Å². The maximum Gasteiger partial charge on any atom is 0.134 e. The molecule has 22 heavy (non-hydrogen) atoms. The molecule has 0 atom stereocenters. The largest absolute Gasteiger partial charge is 0.302 e. The van der Waals surface area contributed by atoms with Crippen LogP contribution in [-0.4, -0.2) is 15.3 Å². The van der Waals surface area contributed by atoms with Gasteiger partial charge >= 0.3 is 0 Å². The molecule has 0 amide bonds. The van der Waals surface area contributed by atoms with Crippen LogP contribution in [0.1, 0.15) is 22.5 Å². The van der Waals surface area contributed by atoms with Crippen molar-refractivity contribution in [1.29, 1.82) is 5.26 Å². The summed E-state index contributed by atoms with van der Waals surface area (Å²) in [6.07, 6.45) is 3.71. The number of rotatable bonds is 1. The number of nitriles is 1. The Hall–Kier alpha value is -3.19. The number of aliphatic imine (C=N–C) groups is 1. The number of hydrogen-bond donors (Lipinski definition) is 0.